The van der Waals surface area contributed by atoms with Crippen LogP contribution in [0.2, 0.25) is 5.02 Å². The molecule has 3 aromatic rings. The molecule has 0 aliphatic rings. The Balaban J connectivity index is 0.000000583. The number of anilines is 2. The third kappa shape index (κ3) is 17.6. The molecule has 14 nitrogen and oxygen atoms in total. The Morgan fingerprint density at radius 1 is 0.946 bits per heavy atom. The van der Waals surface area contributed by atoms with E-state index in [0.717, 1.165) is 41.8 Å². The molecule has 1 heterocycles. The Morgan fingerprint density at radius 3 is 2.08 bits per heavy atom. The lowest BCUT2D eigenvalue weighted by Crippen LogP contribution is -3.05. The third-order valence-electron chi connectivity index (χ3n) is 4.06. The number of fused-ring (bicyclic) bond motifs is 1. The van der Waals surface area contributed by atoms with Crippen LogP contribution in [0.4, 0.5) is 11.8 Å². The van der Waals surface area contributed by atoms with Crippen LogP contribution in [-0.2, 0) is 0 Å². The first-order valence-corrected chi connectivity index (χ1v) is 13.1. The van der Waals surface area contributed by atoms with E-state index in [4.69, 9.17) is 48.9 Å². The molecule has 37 heavy (non-hydrogen) atoms. The highest BCUT2D eigenvalue weighted by molar-refractivity contribution is 6.30. The number of nitrogens with one attached hydrogen (secondary N) is 4. The van der Waals surface area contributed by atoms with Crippen molar-refractivity contribution in [3.05, 3.63) is 59.1 Å². The van der Waals surface area contributed by atoms with Crippen molar-refractivity contribution in [1.29, 1.82) is 0 Å². The lowest BCUT2D eigenvalue weighted by atomic mass is 10.2. The lowest BCUT2D eigenvalue weighted by molar-refractivity contribution is -2.00. The average molecular weight is 584 g/mol. The summed E-state index contributed by atoms with van der Waals surface area (Å²) in [5.74, 6) is 1.53. The number of rotatable bonds is 8. The van der Waals surface area contributed by atoms with Gasteiger partial charge in [0.1, 0.15) is 5.52 Å². The maximum absolute atomic E-state index is 8.49. The first kappa shape index (κ1) is 32.6. The summed E-state index contributed by atoms with van der Waals surface area (Å²) in [5.41, 5.74) is 4.83. The van der Waals surface area contributed by atoms with Gasteiger partial charge in [-0.25, -0.2) is 42.3 Å². The van der Waals surface area contributed by atoms with Crippen molar-refractivity contribution >= 4 is 40.5 Å². The van der Waals surface area contributed by atoms with Crippen LogP contribution in [0.1, 0.15) is 12.0 Å². The summed E-state index contributed by atoms with van der Waals surface area (Å²) >= 11 is 5.90. The Morgan fingerprint density at radius 2 is 1.51 bits per heavy atom. The van der Waals surface area contributed by atoms with Crippen LogP contribution in [-0.4, -0.2) is 38.4 Å². The zero-order valence-electron chi connectivity index (χ0n) is 19.6. The van der Waals surface area contributed by atoms with E-state index in [0.29, 0.717) is 11.0 Å². The molecule has 0 saturated heterocycles. The highest BCUT2D eigenvalue weighted by Crippen LogP contribution is 2.18. The summed E-state index contributed by atoms with van der Waals surface area (Å²) < 4.78 is 67.9. The summed E-state index contributed by atoms with van der Waals surface area (Å²) in [6.07, 6.45) is 2.82. The predicted molar refractivity (Wildman–Crippen MR) is 112 cm³/mol. The molecule has 0 atom stereocenters. The van der Waals surface area contributed by atoms with Gasteiger partial charge in [-0.15, -0.1) is 30.6 Å². The number of H-pyrrole nitrogens is 1. The Bertz CT molecular complexity index is 1090. The quantitative estimate of drug-likeness (QED) is 0.127. The Kier molecular flexibility index (Phi) is 13.9. The SMILES string of the molecule is C[NH+](C)CCCNc1[nH+]c(N/N=C/c2ccc(Cl)cc2)nc2ccccc12.[O-][Cl+3]([O-])([O-])[O-].[O-][Cl+3]([O-])([O-])[O-]. The van der Waals surface area contributed by atoms with Gasteiger partial charge in [-0.2, -0.15) is 5.43 Å². The van der Waals surface area contributed by atoms with Gasteiger partial charge in [-0.1, -0.05) is 35.9 Å². The molecule has 0 saturated carbocycles. The molecule has 0 fully saturated rings. The molecule has 0 spiro atoms. The van der Waals surface area contributed by atoms with E-state index in [1.807, 2.05) is 42.5 Å². The number of hydrogen-bond acceptors (Lipinski definition) is 12. The van der Waals surface area contributed by atoms with Crippen LogP contribution in [0.3, 0.4) is 0 Å². The van der Waals surface area contributed by atoms with Gasteiger partial charge < -0.3 is 10.2 Å². The monoisotopic (exact) mass is 582 g/mol. The first-order chi connectivity index (χ1) is 17.1. The number of aromatic amines is 1. The van der Waals surface area contributed by atoms with E-state index < -0.39 is 20.5 Å². The summed E-state index contributed by atoms with van der Waals surface area (Å²) in [5, 5.41) is 9.51. The molecule has 0 radical (unpaired) electrons. The predicted octanol–water partition coefficient (Wildman–Crippen LogP) is -7.42. The fourth-order valence-electron chi connectivity index (χ4n) is 2.68. The van der Waals surface area contributed by atoms with Crippen LogP contribution in [0.25, 0.3) is 10.9 Å². The van der Waals surface area contributed by atoms with Crippen molar-refractivity contribution in [3.8, 4) is 0 Å². The number of hydrazone groups is 1. The number of aromatic nitrogens is 2. The number of hydrogen-bond donors (Lipinski definition) is 3. The van der Waals surface area contributed by atoms with Crippen LogP contribution in [0.5, 0.6) is 0 Å². The normalized spacial score (nSPS) is 11.6. The van der Waals surface area contributed by atoms with Crippen LogP contribution >= 0.6 is 11.6 Å². The molecule has 0 bridgehead atoms. The minimum atomic E-state index is -4.94. The van der Waals surface area contributed by atoms with Gasteiger partial charge in [0.25, 0.3) is 0 Å². The van der Waals surface area contributed by atoms with Gasteiger partial charge in [-0.3, -0.25) is 0 Å². The van der Waals surface area contributed by atoms with Crippen LogP contribution < -0.4 is 57.9 Å². The number of nitrogens with zero attached hydrogens (tertiary/aromatic N) is 2. The fraction of sp³-hybridized carbons (Fsp3) is 0.250. The minimum absolute atomic E-state index is 0.583. The van der Waals surface area contributed by atoms with Crippen molar-refractivity contribution in [2.24, 2.45) is 5.10 Å². The highest BCUT2D eigenvalue weighted by Gasteiger charge is 2.12. The molecule has 17 heteroatoms. The third-order valence-corrected chi connectivity index (χ3v) is 4.31. The second-order valence-electron chi connectivity index (χ2n) is 7.39. The van der Waals surface area contributed by atoms with Crippen molar-refractivity contribution in [2.75, 3.05) is 37.9 Å². The fourth-order valence-corrected chi connectivity index (χ4v) is 2.81. The molecular weight excluding hydrogens is 559 g/mol. The number of para-hydroxylation sites is 1. The van der Waals surface area contributed by atoms with Gasteiger partial charge in [0.05, 0.1) is 38.8 Å². The van der Waals surface area contributed by atoms with Crippen molar-refractivity contribution in [2.45, 2.75) is 6.42 Å². The maximum atomic E-state index is 8.49. The largest absolute Gasteiger partial charge is 0.368 e. The van der Waals surface area contributed by atoms with E-state index in [1.165, 1.54) is 4.90 Å². The van der Waals surface area contributed by atoms with E-state index in [9.17, 15) is 0 Å². The molecule has 3 rings (SSSR count). The topological polar surface area (TPSA) is 252 Å². The van der Waals surface area contributed by atoms with Crippen LogP contribution in [0.15, 0.2) is 53.6 Å². The summed E-state index contributed by atoms with van der Waals surface area (Å²) in [4.78, 5) is 9.33. The number of quaternary nitrogens is 1. The number of halogens is 3. The van der Waals surface area contributed by atoms with Crippen molar-refractivity contribution in [3.63, 3.8) is 0 Å². The second kappa shape index (κ2) is 15.7. The van der Waals surface area contributed by atoms with Gasteiger partial charge in [0.2, 0.25) is 5.82 Å². The Labute approximate surface area is 221 Å². The average Bonchev–Trinajstić information content (AvgIpc) is 2.75. The molecule has 0 amide bonds. The molecule has 0 aliphatic heterocycles. The van der Waals surface area contributed by atoms with Gasteiger partial charge in [0, 0.05) is 11.4 Å². The standard InChI is InChI=1S/C20H23ClN6.2ClHO4/c1-27(2)13-5-12-22-19-17-6-3-4-7-18(17)24-20(25-19)26-23-14-15-8-10-16(21)11-9-15;2*2-1(3,4)5/h3-4,6-11,14H,5,12-13H2,1-2H3,(H2,22,24,25,26);2*(H,2,3,4,5)/b23-14+;;. The van der Waals surface area contributed by atoms with Crippen molar-refractivity contribution in [1.82, 2.24) is 4.98 Å². The maximum Gasteiger partial charge on any atom is 0.368 e. The molecule has 2 aromatic carbocycles. The zero-order chi connectivity index (χ0) is 28.1. The second-order valence-corrected chi connectivity index (χ2v) is 9.34. The van der Waals surface area contributed by atoms with E-state index in [-0.39, 0.29) is 0 Å². The van der Waals surface area contributed by atoms with E-state index >= 15 is 0 Å². The molecule has 204 valence electrons. The van der Waals surface area contributed by atoms with E-state index in [2.05, 4.69) is 46.0 Å². The molecule has 1 aromatic heterocycles. The molecule has 0 unspecified atom stereocenters. The summed E-state index contributed by atoms with van der Waals surface area (Å²) in [6.45, 7) is 2.01. The number of benzene rings is 2. The minimum Gasteiger partial charge on any atom is -0.340 e. The van der Waals surface area contributed by atoms with Gasteiger partial charge >= 0.3 is 5.95 Å². The first-order valence-electron chi connectivity index (χ1n) is 10.2. The molecule has 4 N–H and O–H groups in total. The summed E-state index contributed by atoms with van der Waals surface area (Å²) in [6, 6.07) is 15.5. The zero-order valence-corrected chi connectivity index (χ0v) is 21.9. The summed E-state index contributed by atoms with van der Waals surface area (Å²) in [7, 11) is -5.57. The molecular formula is C20H25Cl3N6O8. The molecule has 0 aliphatic carbocycles. The van der Waals surface area contributed by atoms with Crippen molar-refractivity contribution < 1.29 is 67.6 Å². The van der Waals surface area contributed by atoms with Crippen LogP contribution in [0, 0.1) is 20.5 Å². The van der Waals surface area contributed by atoms with Gasteiger partial charge in [0.15, 0.2) is 0 Å². The van der Waals surface area contributed by atoms with E-state index in [1.54, 1.807) is 6.21 Å². The smallest absolute Gasteiger partial charge is 0.340 e. The highest BCUT2D eigenvalue weighted by atomic mass is 35.7. The Hall–Kier alpha value is -2.44. The van der Waals surface area contributed by atoms with Gasteiger partial charge in [-0.05, 0) is 29.8 Å². The lowest BCUT2D eigenvalue weighted by Gasteiger charge is -2.17.